The summed E-state index contributed by atoms with van der Waals surface area (Å²) in [5.74, 6) is 1.57. The fraction of sp³-hybridized carbons (Fsp3) is 0.0236. The Morgan fingerprint density at radius 1 is 0.227 bits per heavy atom. The minimum Gasteiger partial charge on any atom is -0.309 e. The van der Waals surface area contributed by atoms with Gasteiger partial charge in [-0.1, -0.05) is 287 Å². The Morgan fingerprint density at radius 3 is 0.957 bits per heavy atom. The number of nitriles is 3. The van der Waals surface area contributed by atoms with Crippen LogP contribution in [0, 0.1) is 34.0 Å². The molecule has 29 rings (SSSR count). The third-order valence-electron chi connectivity index (χ3n) is 28.1. The summed E-state index contributed by atoms with van der Waals surface area (Å²) in [6, 6.07) is 131. The summed E-state index contributed by atoms with van der Waals surface area (Å²) in [6.45, 7) is 4.66. The zero-order valence-corrected chi connectivity index (χ0v) is 75.6. The molecule has 0 amide bonds. The van der Waals surface area contributed by atoms with Crippen molar-refractivity contribution in [2.75, 3.05) is 0 Å². The molecule has 0 atom stereocenters. The quantitative estimate of drug-likeness (QED) is 0.138. The molecule has 1 aliphatic carbocycles. The van der Waals surface area contributed by atoms with Gasteiger partial charge in [0.15, 0.2) is 11.4 Å². The third kappa shape index (κ3) is 12.8. The van der Waals surface area contributed by atoms with Gasteiger partial charge in [0.05, 0.1) is 108 Å². The van der Waals surface area contributed by atoms with Gasteiger partial charge < -0.3 is 13.7 Å². The molecule has 14 nitrogen and oxygen atoms in total. The van der Waals surface area contributed by atoms with Gasteiger partial charge in [-0.25, -0.2) is 24.9 Å². The summed E-state index contributed by atoms with van der Waals surface area (Å²) < 4.78 is 96.9. The van der Waals surface area contributed by atoms with Gasteiger partial charge in [0.2, 0.25) is 11.9 Å². The number of rotatable bonds is 9. The zero-order chi connectivity index (χ0) is 103. The Bertz CT molecular complexity index is 10600. The van der Waals surface area contributed by atoms with Crippen molar-refractivity contribution in [1.82, 2.24) is 52.3 Å². The first-order valence-electron chi connectivity index (χ1n) is 51.4. The normalized spacial score (nSPS) is 13.2. The van der Waals surface area contributed by atoms with Gasteiger partial charge in [0.25, 0.3) is 0 Å². The van der Waals surface area contributed by atoms with Gasteiger partial charge in [0.1, 0.15) is 18.0 Å². The molecule has 28 aromatic rings. The summed E-state index contributed by atoms with van der Waals surface area (Å²) in [5, 5.41) is 44.6. The lowest BCUT2D eigenvalue weighted by Gasteiger charge is -2.21. The summed E-state index contributed by atoms with van der Waals surface area (Å²) in [6.07, 6.45) is 0. The predicted molar refractivity (Wildman–Crippen MR) is 575 cm³/mol. The summed E-state index contributed by atoms with van der Waals surface area (Å²) in [7, 11) is 0. The Balaban J connectivity index is 0.000000111. The lowest BCUT2D eigenvalue weighted by Crippen LogP contribution is -2.14. The molecule has 0 spiro atoms. The molecule has 656 valence electrons. The second-order valence-electron chi connectivity index (χ2n) is 36.0. The van der Waals surface area contributed by atoms with Crippen LogP contribution in [0.1, 0.15) is 55.6 Å². The molecule has 0 saturated heterocycles. The molecule has 0 saturated carbocycles. The van der Waals surface area contributed by atoms with E-state index >= 15 is 0 Å². The standard InChI is InChI=1S/C48H31N5.C40H24N4.C39H23N5/c1-48(2)39-15-7-3-11-32(39)37-27-31(21-23-40(37)48)52-43-17-9-5-12-33(43)35-22-19-30(26-46(35)52)29-20-24-45-38(25-29)34-13-6-10-18-44(34)53(45)47-50-41-16-8-4-14-36(41)42(28-49)51-47;41-25-28-24-40(42-35-15-7-4-12-30(28)35)44-37-17-9-6-14-32(37)34-22-26(19-21-38(34)44)27-18-20-33-31-13-5-8-16-36(31)43(39(33)23-27)29-10-2-1-3-11-29;40-24-34-31-14-4-7-15-33(31)41-39(42-34)44-36-17-9-6-13-29(36)32-22-25(19-21-37(32)44)26-18-20-30-28-12-5-8-16-35(28)43(38(30)23-26)27-10-2-1-3-11-27/h3-27H,1-2H3;1-24H;1-23H/i;2*1D,2D,3D,10D,11D. The molecular formula is C127H78N14. The number of para-hydroxylation sites is 11. The van der Waals surface area contributed by atoms with Crippen LogP contribution in [-0.2, 0) is 5.41 Å². The van der Waals surface area contributed by atoms with E-state index in [9.17, 15) is 15.8 Å². The van der Waals surface area contributed by atoms with Crippen molar-refractivity contribution in [2.45, 2.75) is 19.3 Å². The summed E-state index contributed by atoms with van der Waals surface area (Å²) in [5.41, 5.74) is 27.2. The topological polar surface area (TPSA) is 165 Å². The monoisotopic (exact) mass is 1810 g/mol. The molecule has 14 heteroatoms. The number of hydrogen-bond donors (Lipinski definition) is 0. The molecule has 0 radical (unpaired) electrons. The van der Waals surface area contributed by atoms with Crippen molar-refractivity contribution in [1.29, 1.82) is 15.8 Å². The average molecular weight is 1810 g/mol. The SMILES string of the molecule is CC1(C)c2ccccc2-c2cc(-n3c4ccccc4c4ccc(-c5ccc6c(c5)c5ccccc5n6-c5nc(C#N)c6ccccc6n5)cc43)ccc21.[2H]c1c([2H])c([2H])c(-n2c3ccccc3c3ccc(-c4ccc5c(c4)c4ccccc4n5-c4cc(C#N)c5ccccc5n4)cc32)c([2H])c1[2H].[2H]c1c([2H])c([2H])c(-n2c3ccccc3c3ccc(-c4ccc5c(c4)c4ccccc4n5-c4nc(C#N)c5ccccc5n4)cc32)c([2H])c1[2H]. The highest BCUT2D eigenvalue weighted by atomic mass is 15.2. The highest BCUT2D eigenvalue weighted by molar-refractivity contribution is 6.17. The van der Waals surface area contributed by atoms with E-state index in [0.29, 0.717) is 45.6 Å². The molecule has 0 unspecified atom stereocenters. The number of nitrogens with zero attached hydrogens (tertiary/aromatic N) is 14. The average Bonchev–Trinajstić information content (AvgIpc) is 1.58. The van der Waals surface area contributed by atoms with Crippen molar-refractivity contribution in [3.63, 3.8) is 0 Å². The van der Waals surface area contributed by atoms with Gasteiger partial charge in [-0.15, -0.1) is 0 Å². The van der Waals surface area contributed by atoms with Crippen LogP contribution >= 0.6 is 0 Å². The van der Waals surface area contributed by atoms with Crippen molar-refractivity contribution in [2.24, 2.45) is 0 Å². The Labute approximate surface area is 821 Å². The van der Waals surface area contributed by atoms with Crippen molar-refractivity contribution in [3.8, 4) is 97.5 Å². The van der Waals surface area contributed by atoms with Crippen LogP contribution in [0.25, 0.3) is 243 Å². The molecule has 1 aliphatic rings. The van der Waals surface area contributed by atoms with Gasteiger partial charge >= 0.3 is 0 Å². The first-order chi connectivity index (χ1) is 73.7. The molecule has 0 N–H and O–H groups in total. The van der Waals surface area contributed by atoms with Crippen molar-refractivity contribution in [3.05, 3.63) is 465 Å². The number of hydrogen-bond acceptors (Lipinski definition) is 8. The van der Waals surface area contributed by atoms with E-state index in [1.807, 2.05) is 211 Å². The van der Waals surface area contributed by atoms with E-state index in [0.717, 1.165) is 170 Å². The first-order valence-corrected chi connectivity index (χ1v) is 46.4. The van der Waals surface area contributed by atoms with Gasteiger partial charge in [-0.05, 0) is 219 Å². The highest BCUT2D eigenvalue weighted by Gasteiger charge is 2.36. The molecule has 19 aromatic carbocycles. The molecule has 9 heterocycles. The van der Waals surface area contributed by atoms with Gasteiger partial charge in [-0.3, -0.25) is 13.7 Å². The van der Waals surface area contributed by atoms with E-state index in [4.69, 9.17) is 33.6 Å². The van der Waals surface area contributed by atoms with E-state index in [-0.39, 0.29) is 65.1 Å². The Kier molecular flexibility index (Phi) is 16.2. The maximum absolute atomic E-state index is 10.0. The number of aromatic nitrogens is 11. The fourth-order valence-corrected chi connectivity index (χ4v) is 21.8. The molecule has 0 aliphatic heterocycles. The molecular weight excluding hydrogens is 1720 g/mol. The second kappa shape index (κ2) is 32.1. The number of pyridine rings is 1. The van der Waals surface area contributed by atoms with E-state index in [1.165, 1.54) is 44.1 Å². The predicted octanol–water partition coefficient (Wildman–Crippen LogP) is 31.0. The lowest BCUT2D eigenvalue weighted by atomic mass is 9.82. The molecule has 9 aromatic heterocycles. The van der Waals surface area contributed by atoms with E-state index in [1.54, 1.807) is 9.13 Å². The molecule has 0 bridgehead atoms. The minimum atomic E-state index is -0.425. The van der Waals surface area contributed by atoms with Gasteiger partial charge in [0, 0.05) is 103 Å². The van der Waals surface area contributed by atoms with E-state index < -0.39 is 12.1 Å². The Hall–Kier alpha value is -19.5. The maximum Gasteiger partial charge on any atom is 0.236 e. The maximum atomic E-state index is 10.0. The van der Waals surface area contributed by atoms with Crippen LogP contribution in [0.5, 0.6) is 0 Å². The van der Waals surface area contributed by atoms with E-state index in [2.05, 4.69) is 221 Å². The summed E-state index contributed by atoms with van der Waals surface area (Å²) in [4.78, 5) is 24.2. The fourth-order valence-electron chi connectivity index (χ4n) is 21.8. The molecule has 0 fully saturated rings. The number of fused-ring (bicyclic) bond motifs is 24. The zero-order valence-electron chi connectivity index (χ0n) is 85.6. The van der Waals surface area contributed by atoms with Crippen molar-refractivity contribution < 1.29 is 13.7 Å². The second-order valence-corrected chi connectivity index (χ2v) is 36.0. The minimum absolute atomic E-state index is 0.0430. The lowest BCUT2D eigenvalue weighted by molar-refractivity contribution is 0.660. The van der Waals surface area contributed by atoms with Crippen LogP contribution in [0.2, 0.25) is 0 Å². The smallest absolute Gasteiger partial charge is 0.236 e. The highest BCUT2D eigenvalue weighted by Crippen LogP contribution is 2.51. The Morgan fingerprint density at radius 2 is 0.539 bits per heavy atom. The van der Waals surface area contributed by atoms with Crippen molar-refractivity contribution >= 4 is 164 Å². The van der Waals surface area contributed by atoms with Crippen LogP contribution in [-0.4, -0.2) is 52.3 Å². The third-order valence-corrected chi connectivity index (χ3v) is 28.1. The number of benzene rings is 19. The van der Waals surface area contributed by atoms with Crippen LogP contribution < -0.4 is 0 Å². The first kappa shape index (κ1) is 71.2. The molecule has 141 heavy (non-hydrogen) atoms. The van der Waals surface area contributed by atoms with Crippen LogP contribution in [0.15, 0.2) is 437 Å². The van der Waals surface area contributed by atoms with Crippen LogP contribution in [0.3, 0.4) is 0 Å². The summed E-state index contributed by atoms with van der Waals surface area (Å²) >= 11 is 0. The van der Waals surface area contributed by atoms with Crippen LogP contribution in [0.4, 0.5) is 0 Å². The van der Waals surface area contributed by atoms with Gasteiger partial charge in [-0.2, -0.15) is 15.8 Å². The largest absolute Gasteiger partial charge is 0.309 e.